The molecule has 2 aromatic carbocycles. The zero-order chi connectivity index (χ0) is 23.4. The Morgan fingerprint density at radius 2 is 1.94 bits per heavy atom. The lowest BCUT2D eigenvalue weighted by Crippen LogP contribution is -2.43. The van der Waals surface area contributed by atoms with Crippen LogP contribution in [0.1, 0.15) is 11.1 Å². The summed E-state index contributed by atoms with van der Waals surface area (Å²) in [6.45, 7) is 2.18. The van der Waals surface area contributed by atoms with Crippen LogP contribution in [-0.4, -0.2) is 60.6 Å². The quantitative estimate of drug-likeness (QED) is 0.453. The molecule has 2 fully saturated rings. The highest BCUT2D eigenvalue weighted by Crippen LogP contribution is 2.28. The second-order valence-corrected chi connectivity index (χ2v) is 8.70. The Bertz CT molecular complexity index is 1120. The van der Waals surface area contributed by atoms with Gasteiger partial charge < -0.3 is 19.7 Å². The zero-order valence-electron chi connectivity index (χ0n) is 17.6. The molecule has 4 rings (SSSR count). The third-order valence-corrected chi connectivity index (χ3v) is 6.22. The van der Waals surface area contributed by atoms with Gasteiger partial charge in [0.1, 0.15) is 11.4 Å². The van der Waals surface area contributed by atoms with Crippen LogP contribution in [0.25, 0.3) is 6.08 Å². The van der Waals surface area contributed by atoms with Gasteiger partial charge in [0, 0.05) is 18.1 Å². The van der Waals surface area contributed by atoms with Crippen molar-refractivity contribution in [2.24, 2.45) is 0 Å². The second-order valence-electron chi connectivity index (χ2n) is 7.44. The number of nitrogens with zero attached hydrogens (tertiary/aromatic N) is 2. The van der Waals surface area contributed by atoms with Crippen LogP contribution < -0.4 is 10.1 Å². The molecule has 0 saturated carbocycles. The van der Waals surface area contributed by atoms with Crippen molar-refractivity contribution in [2.75, 3.05) is 32.9 Å². The number of imide groups is 1. The van der Waals surface area contributed by atoms with E-state index in [4.69, 9.17) is 21.1 Å². The summed E-state index contributed by atoms with van der Waals surface area (Å²) in [5.74, 6) is -0.0392. The van der Waals surface area contributed by atoms with Crippen molar-refractivity contribution in [3.63, 3.8) is 0 Å². The molecule has 8 nitrogen and oxygen atoms in total. The number of halogens is 2. The summed E-state index contributed by atoms with van der Waals surface area (Å²) in [6, 6.07) is 11.7. The SMILES string of the molecule is O=C(COc1ccc(/C=C2\NC(=O)N(Cc3ccccc3Cl)C2=O)cc1Br)N1CCOCC1. The van der Waals surface area contributed by atoms with Gasteiger partial charge in [-0.15, -0.1) is 0 Å². The summed E-state index contributed by atoms with van der Waals surface area (Å²) in [6.07, 6.45) is 1.58. The van der Waals surface area contributed by atoms with Crippen molar-refractivity contribution in [2.45, 2.75) is 6.54 Å². The molecule has 0 aliphatic carbocycles. The molecule has 33 heavy (non-hydrogen) atoms. The monoisotopic (exact) mass is 533 g/mol. The molecule has 0 bridgehead atoms. The molecule has 2 aliphatic rings. The standard InChI is InChI=1S/C23H21BrClN3O5/c24-17-11-15(5-6-20(17)33-14-21(29)27-7-9-32-10-8-27)12-19-22(30)28(23(31)26-19)13-16-3-1-2-4-18(16)25/h1-6,11-12H,7-10,13-14H2,(H,26,31)/b19-12-. The van der Waals surface area contributed by atoms with Crippen LogP contribution in [-0.2, 0) is 20.9 Å². The van der Waals surface area contributed by atoms with Gasteiger partial charge in [-0.1, -0.05) is 35.9 Å². The Hall–Kier alpha value is -2.88. The molecule has 172 valence electrons. The first-order chi connectivity index (χ1) is 15.9. The largest absolute Gasteiger partial charge is 0.483 e. The van der Waals surface area contributed by atoms with Crippen LogP contribution in [0.4, 0.5) is 4.79 Å². The molecule has 2 aliphatic heterocycles. The number of benzene rings is 2. The molecule has 0 aromatic heterocycles. The summed E-state index contributed by atoms with van der Waals surface area (Å²) in [7, 11) is 0. The van der Waals surface area contributed by atoms with Crippen LogP contribution in [0.3, 0.4) is 0 Å². The van der Waals surface area contributed by atoms with E-state index in [9.17, 15) is 14.4 Å². The highest BCUT2D eigenvalue weighted by molar-refractivity contribution is 9.10. The number of morpholine rings is 1. The van der Waals surface area contributed by atoms with Crippen molar-refractivity contribution >= 4 is 51.5 Å². The molecule has 0 radical (unpaired) electrons. The van der Waals surface area contributed by atoms with Gasteiger partial charge in [-0.25, -0.2) is 4.79 Å². The van der Waals surface area contributed by atoms with Crippen LogP contribution in [0, 0.1) is 0 Å². The van der Waals surface area contributed by atoms with Crippen molar-refractivity contribution < 1.29 is 23.9 Å². The molecule has 0 spiro atoms. The number of nitrogens with one attached hydrogen (secondary N) is 1. The molecular weight excluding hydrogens is 514 g/mol. The first-order valence-corrected chi connectivity index (χ1v) is 11.5. The van der Waals surface area contributed by atoms with Gasteiger partial charge in [-0.2, -0.15) is 0 Å². The lowest BCUT2D eigenvalue weighted by Gasteiger charge is -2.26. The minimum Gasteiger partial charge on any atom is -0.483 e. The first-order valence-electron chi connectivity index (χ1n) is 10.3. The van der Waals surface area contributed by atoms with Crippen LogP contribution in [0.2, 0.25) is 5.02 Å². The van der Waals surface area contributed by atoms with E-state index in [1.54, 1.807) is 53.4 Å². The number of ether oxygens (including phenoxy) is 2. The van der Waals surface area contributed by atoms with E-state index in [1.165, 1.54) is 0 Å². The fraction of sp³-hybridized carbons (Fsp3) is 0.261. The number of hydrogen-bond acceptors (Lipinski definition) is 5. The van der Waals surface area contributed by atoms with E-state index < -0.39 is 11.9 Å². The minimum absolute atomic E-state index is 0.0787. The Morgan fingerprint density at radius 3 is 2.67 bits per heavy atom. The maximum Gasteiger partial charge on any atom is 0.329 e. The van der Waals surface area contributed by atoms with Gasteiger partial charge in [-0.05, 0) is 51.3 Å². The Balaban J connectivity index is 1.41. The van der Waals surface area contributed by atoms with Gasteiger partial charge in [0.15, 0.2) is 6.61 Å². The number of carbonyl (C=O) groups excluding carboxylic acids is 3. The normalized spacial score (nSPS) is 17.5. The predicted octanol–water partition coefficient (Wildman–Crippen LogP) is 3.43. The predicted molar refractivity (Wildman–Crippen MR) is 126 cm³/mol. The molecule has 10 heteroatoms. The average Bonchev–Trinajstić information content (AvgIpc) is 3.07. The molecular formula is C23H21BrClN3O5. The maximum absolute atomic E-state index is 12.8. The lowest BCUT2D eigenvalue weighted by atomic mass is 10.1. The topological polar surface area (TPSA) is 88.2 Å². The zero-order valence-corrected chi connectivity index (χ0v) is 19.9. The van der Waals surface area contributed by atoms with E-state index >= 15 is 0 Å². The number of amides is 4. The summed E-state index contributed by atoms with van der Waals surface area (Å²) < 4.78 is 11.5. The lowest BCUT2D eigenvalue weighted by molar-refractivity contribution is -0.137. The number of hydrogen-bond donors (Lipinski definition) is 1. The third-order valence-electron chi connectivity index (χ3n) is 5.23. The Labute approximate surface area is 204 Å². The van der Waals surface area contributed by atoms with E-state index in [0.717, 1.165) is 4.90 Å². The molecule has 2 saturated heterocycles. The Morgan fingerprint density at radius 1 is 1.18 bits per heavy atom. The van der Waals surface area contributed by atoms with Gasteiger partial charge in [0.05, 0.1) is 24.2 Å². The molecule has 4 amide bonds. The highest BCUT2D eigenvalue weighted by Gasteiger charge is 2.33. The Kier molecular flexibility index (Phi) is 7.32. The van der Waals surface area contributed by atoms with Gasteiger partial charge in [-0.3, -0.25) is 14.5 Å². The van der Waals surface area contributed by atoms with Crippen LogP contribution in [0.5, 0.6) is 5.75 Å². The van der Waals surface area contributed by atoms with Crippen LogP contribution in [0.15, 0.2) is 52.6 Å². The molecule has 2 heterocycles. The smallest absolute Gasteiger partial charge is 0.329 e. The van der Waals surface area contributed by atoms with Crippen molar-refractivity contribution in [3.05, 3.63) is 68.8 Å². The summed E-state index contributed by atoms with van der Waals surface area (Å²) in [5, 5.41) is 3.09. The third kappa shape index (κ3) is 5.55. The average molecular weight is 535 g/mol. The van der Waals surface area contributed by atoms with Gasteiger partial charge in [0.25, 0.3) is 11.8 Å². The van der Waals surface area contributed by atoms with E-state index in [-0.39, 0.29) is 24.8 Å². The molecule has 0 atom stereocenters. The molecule has 0 unspecified atom stereocenters. The fourth-order valence-corrected chi connectivity index (χ4v) is 4.15. The number of carbonyl (C=O) groups is 3. The van der Waals surface area contributed by atoms with Crippen molar-refractivity contribution in [1.82, 2.24) is 15.1 Å². The highest BCUT2D eigenvalue weighted by atomic mass is 79.9. The second kappa shape index (κ2) is 10.4. The fourth-order valence-electron chi connectivity index (χ4n) is 3.45. The molecule has 1 N–H and O–H groups in total. The number of rotatable bonds is 6. The first kappa shape index (κ1) is 23.3. The van der Waals surface area contributed by atoms with Crippen LogP contribution >= 0.6 is 27.5 Å². The summed E-state index contributed by atoms with van der Waals surface area (Å²) in [5.41, 5.74) is 1.52. The van der Waals surface area contributed by atoms with Gasteiger partial charge in [0.2, 0.25) is 0 Å². The van der Waals surface area contributed by atoms with E-state index in [1.807, 2.05) is 0 Å². The van der Waals surface area contributed by atoms with Gasteiger partial charge >= 0.3 is 6.03 Å². The summed E-state index contributed by atoms with van der Waals surface area (Å²) >= 11 is 9.59. The minimum atomic E-state index is -0.508. The summed E-state index contributed by atoms with van der Waals surface area (Å²) in [4.78, 5) is 40.2. The maximum atomic E-state index is 12.8. The van der Waals surface area contributed by atoms with Crippen molar-refractivity contribution in [3.8, 4) is 5.75 Å². The van der Waals surface area contributed by atoms with E-state index in [0.29, 0.717) is 52.7 Å². The van der Waals surface area contributed by atoms with E-state index in [2.05, 4.69) is 21.2 Å². The van der Waals surface area contributed by atoms with Crippen molar-refractivity contribution in [1.29, 1.82) is 0 Å². The number of urea groups is 1. The molecule has 2 aromatic rings.